The zero-order chi connectivity index (χ0) is 8.85. The van der Waals surface area contributed by atoms with Crippen LogP contribution in [0.3, 0.4) is 0 Å². The molecule has 0 aliphatic heterocycles. The zero-order valence-electron chi connectivity index (χ0n) is 6.33. The van der Waals surface area contributed by atoms with Crippen LogP contribution >= 0.6 is 0 Å². The molecular weight excluding hydrogens is 152 g/mol. The Hall–Kier alpha value is -1.30. The van der Waals surface area contributed by atoms with Crippen LogP contribution in [0, 0.1) is 0 Å². The molecule has 2 amide bonds. The number of hydrogen-bond donors (Lipinski definition) is 2. The van der Waals surface area contributed by atoms with Crippen LogP contribution < -0.4 is 5.32 Å². The lowest BCUT2D eigenvalue weighted by molar-refractivity contribution is -0.167. The van der Waals surface area contributed by atoms with Gasteiger partial charge in [-0.3, -0.25) is 9.63 Å². The number of nitrogens with one attached hydrogen (secondary N) is 1. The van der Waals surface area contributed by atoms with E-state index in [-0.39, 0.29) is 6.54 Å². The maximum atomic E-state index is 10.8. The number of amides is 2. The lowest BCUT2D eigenvalue weighted by Gasteiger charge is -2.12. The van der Waals surface area contributed by atoms with Gasteiger partial charge < -0.3 is 10.4 Å². The van der Waals surface area contributed by atoms with Crippen molar-refractivity contribution in [3.63, 3.8) is 0 Å². The Balaban J connectivity index is 3.60. The van der Waals surface area contributed by atoms with Crippen LogP contribution in [-0.2, 0) is 9.63 Å². The molecule has 0 aromatic heterocycles. The molecule has 6 heteroatoms. The highest BCUT2D eigenvalue weighted by molar-refractivity contribution is 5.80. The fraction of sp³-hybridized carbons (Fsp3) is 0.600. The van der Waals surface area contributed by atoms with E-state index in [1.165, 1.54) is 14.2 Å². The molecule has 0 bridgehead atoms. The summed E-state index contributed by atoms with van der Waals surface area (Å²) in [4.78, 5) is 25.1. The van der Waals surface area contributed by atoms with Gasteiger partial charge in [0.2, 0.25) is 0 Å². The molecule has 0 heterocycles. The van der Waals surface area contributed by atoms with Crippen LogP contribution in [0.15, 0.2) is 0 Å². The summed E-state index contributed by atoms with van der Waals surface area (Å²) in [6.45, 7) is -0.278. The SMILES string of the molecule is CON(C)C(=O)CNC(=O)O. The summed E-state index contributed by atoms with van der Waals surface area (Å²) in [5.41, 5.74) is 0. The van der Waals surface area contributed by atoms with E-state index < -0.39 is 12.0 Å². The Morgan fingerprint density at radius 3 is 2.55 bits per heavy atom. The van der Waals surface area contributed by atoms with Crippen LogP contribution in [0.1, 0.15) is 0 Å². The standard InChI is InChI=1S/C5H10N2O4/c1-7(11-2)4(8)3-6-5(9)10/h6H,3H2,1-2H3,(H,9,10). The number of rotatable bonds is 3. The van der Waals surface area contributed by atoms with Crippen molar-refractivity contribution >= 4 is 12.0 Å². The Bertz CT molecular complexity index is 159. The third-order valence-corrected chi connectivity index (χ3v) is 1.02. The third kappa shape index (κ3) is 4.15. The molecule has 11 heavy (non-hydrogen) atoms. The third-order valence-electron chi connectivity index (χ3n) is 1.02. The molecule has 0 atom stereocenters. The lowest BCUT2D eigenvalue weighted by atomic mass is 10.6. The molecule has 0 rings (SSSR count). The van der Waals surface area contributed by atoms with Crippen LogP contribution in [0.25, 0.3) is 0 Å². The average molecular weight is 162 g/mol. The molecule has 2 N–H and O–H groups in total. The molecule has 0 fully saturated rings. The topological polar surface area (TPSA) is 78.9 Å². The smallest absolute Gasteiger partial charge is 0.405 e. The first-order valence-corrected chi connectivity index (χ1v) is 2.85. The predicted molar refractivity (Wildman–Crippen MR) is 35.8 cm³/mol. The van der Waals surface area contributed by atoms with Crippen LogP contribution in [0.4, 0.5) is 4.79 Å². The minimum Gasteiger partial charge on any atom is -0.465 e. The van der Waals surface area contributed by atoms with Gasteiger partial charge in [0.05, 0.1) is 7.11 Å². The Morgan fingerprint density at radius 1 is 1.64 bits per heavy atom. The number of carbonyl (C=O) groups excluding carboxylic acids is 1. The van der Waals surface area contributed by atoms with Gasteiger partial charge in [0.1, 0.15) is 6.54 Å². The monoisotopic (exact) mass is 162 g/mol. The molecule has 0 spiro atoms. The molecule has 0 saturated carbocycles. The first-order chi connectivity index (χ1) is 5.07. The fourth-order valence-electron chi connectivity index (χ4n) is 0.364. The lowest BCUT2D eigenvalue weighted by Crippen LogP contribution is -2.36. The van der Waals surface area contributed by atoms with Crippen LogP contribution in [0.5, 0.6) is 0 Å². The van der Waals surface area contributed by atoms with E-state index in [1.54, 1.807) is 0 Å². The maximum Gasteiger partial charge on any atom is 0.405 e. The van der Waals surface area contributed by atoms with E-state index in [0.29, 0.717) is 0 Å². The van der Waals surface area contributed by atoms with Crippen molar-refractivity contribution in [1.82, 2.24) is 10.4 Å². The van der Waals surface area contributed by atoms with Gasteiger partial charge in [-0.2, -0.15) is 0 Å². The van der Waals surface area contributed by atoms with E-state index >= 15 is 0 Å². The number of carbonyl (C=O) groups is 2. The van der Waals surface area contributed by atoms with E-state index in [1.807, 2.05) is 5.32 Å². The highest BCUT2D eigenvalue weighted by Crippen LogP contribution is 1.81. The maximum absolute atomic E-state index is 10.8. The molecule has 0 unspecified atom stereocenters. The Morgan fingerprint density at radius 2 is 2.18 bits per heavy atom. The molecule has 0 aromatic carbocycles. The van der Waals surface area contributed by atoms with Crippen molar-refractivity contribution < 1.29 is 19.5 Å². The summed E-state index contributed by atoms with van der Waals surface area (Å²) >= 11 is 0. The van der Waals surface area contributed by atoms with Gasteiger partial charge >= 0.3 is 6.09 Å². The van der Waals surface area contributed by atoms with Crippen LogP contribution in [0.2, 0.25) is 0 Å². The van der Waals surface area contributed by atoms with Crippen LogP contribution in [-0.4, -0.2) is 42.9 Å². The first kappa shape index (κ1) is 9.70. The molecule has 0 aromatic rings. The van der Waals surface area contributed by atoms with E-state index in [4.69, 9.17) is 5.11 Å². The fourth-order valence-corrected chi connectivity index (χ4v) is 0.364. The van der Waals surface area contributed by atoms with Crippen molar-refractivity contribution in [1.29, 1.82) is 0 Å². The number of nitrogens with zero attached hydrogens (tertiary/aromatic N) is 1. The molecule has 64 valence electrons. The van der Waals surface area contributed by atoms with E-state index in [0.717, 1.165) is 5.06 Å². The average Bonchev–Trinajstić information content (AvgIpc) is 1.98. The van der Waals surface area contributed by atoms with Crippen molar-refractivity contribution in [2.45, 2.75) is 0 Å². The second kappa shape index (κ2) is 4.51. The summed E-state index contributed by atoms with van der Waals surface area (Å²) < 4.78 is 0. The number of hydrogen-bond acceptors (Lipinski definition) is 3. The van der Waals surface area contributed by atoms with Crippen molar-refractivity contribution in [3.05, 3.63) is 0 Å². The van der Waals surface area contributed by atoms with Crippen molar-refractivity contribution in [2.24, 2.45) is 0 Å². The van der Waals surface area contributed by atoms with Gasteiger partial charge in [-0.15, -0.1) is 0 Å². The van der Waals surface area contributed by atoms with E-state index in [9.17, 15) is 9.59 Å². The minimum absolute atomic E-state index is 0.278. The number of likely N-dealkylation sites (N-methyl/N-ethyl adjacent to an activating group) is 1. The summed E-state index contributed by atoms with van der Waals surface area (Å²) in [7, 11) is 2.71. The van der Waals surface area contributed by atoms with Gasteiger partial charge in [0.25, 0.3) is 5.91 Å². The van der Waals surface area contributed by atoms with E-state index in [2.05, 4.69) is 4.84 Å². The zero-order valence-corrected chi connectivity index (χ0v) is 6.33. The predicted octanol–water partition coefficient (Wildman–Crippen LogP) is -0.726. The molecular formula is C5H10N2O4. The van der Waals surface area contributed by atoms with Gasteiger partial charge in [-0.25, -0.2) is 9.86 Å². The summed E-state index contributed by atoms with van der Waals surface area (Å²) in [5, 5.41) is 10.9. The summed E-state index contributed by atoms with van der Waals surface area (Å²) in [6.07, 6.45) is -1.23. The molecule has 0 aliphatic carbocycles. The number of hydroxylamine groups is 2. The van der Waals surface area contributed by atoms with Gasteiger partial charge in [-0.1, -0.05) is 0 Å². The molecule has 0 radical (unpaired) electrons. The molecule has 0 aliphatic rings. The normalized spacial score (nSPS) is 8.91. The first-order valence-electron chi connectivity index (χ1n) is 2.85. The Kier molecular flexibility index (Phi) is 3.97. The minimum atomic E-state index is -1.23. The van der Waals surface area contributed by atoms with Gasteiger partial charge in [0, 0.05) is 7.05 Å². The molecule has 6 nitrogen and oxygen atoms in total. The van der Waals surface area contributed by atoms with Gasteiger partial charge in [-0.05, 0) is 0 Å². The number of carboxylic acid groups (broad SMARTS) is 1. The van der Waals surface area contributed by atoms with Gasteiger partial charge in [0.15, 0.2) is 0 Å². The largest absolute Gasteiger partial charge is 0.465 e. The summed E-state index contributed by atoms with van der Waals surface area (Å²) in [6, 6.07) is 0. The highest BCUT2D eigenvalue weighted by atomic mass is 16.7. The second-order valence-corrected chi connectivity index (χ2v) is 1.73. The quantitative estimate of drug-likeness (QED) is 0.536. The van der Waals surface area contributed by atoms with Crippen molar-refractivity contribution in [2.75, 3.05) is 20.7 Å². The molecule has 0 saturated heterocycles. The summed E-state index contributed by atoms with van der Waals surface area (Å²) in [5.74, 6) is -0.449. The highest BCUT2D eigenvalue weighted by Gasteiger charge is 2.07. The Labute approximate surface area is 63.7 Å². The second-order valence-electron chi connectivity index (χ2n) is 1.73. The van der Waals surface area contributed by atoms with Crippen molar-refractivity contribution in [3.8, 4) is 0 Å².